The van der Waals surface area contributed by atoms with E-state index >= 15 is 0 Å². The van der Waals surface area contributed by atoms with Gasteiger partial charge in [0.15, 0.2) is 0 Å². The Labute approximate surface area is 737 Å². The van der Waals surface area contributed by atoms with Crippen molar-refractivity contribution in [3.63, 3.8) is 0 Å². The van der Waals surface area contributed by atoms with Gasteiger partial charge in [-0.3, -0.25) is 14.4 Å². The maximum Gasteiger partial charge on any atom is 0.241 e. The van der Waals surface area contributed by atoms with E-state index in [0.717, 1.165) is 69.9 Å². The van der Waals surface area contributed by atoms with E-state index in [4.69, 9.17) is 28.8 Å². The minimum atomic E-state index is -0.426. The summed E-state index contributed by atoms with van der Waals surface area (Å²) >= 11 is 13.9. The number of anilines is 2. The van der Waals surface area contributed by atoms with Crippen LogP contribution in [0.15, 0.2) is 55.0 Å². The van der Waals surface area contributed by atoms with Crippen molar-refractivity contribution in [1.82, 2.24) is 29.7 Å². The monoisotopic (exact) mass is 2440 g/mol. The number of aromatic nitrogens is 3. The van der Waals surface area contributed by atoms with E-state index in [-0.39, 0.29) is 39.1 Å². The molecule has 3 saturated heterocycles. The maximum absolute atomic E-state index is 12.0. The molecule has 3 amide bonds. The molecule has 6 rings (SSSR count). The highest BCUT2D eigenvalue weighted by atomic mass is 127. The lowest BCUT2D eigenvalue weighted by Crippen LogP contribution is -2.48. The number of nitrogens with zero attached hydrogens (tertiary/aromatic N) is 8. The molecule has 3 aromatic rings. The van der Waals surface area contributed by atoms with Crippen molar-refractivity contribution in [2.75, 3.05) is 76.8 Å². The Bertz CT molecular complexity index is 5170. The van der Waals surface area contributed by atoms with Gasteiger partial charge in [-0.15, -0.1) is 18.8 Å². The van der Waals surface area contributed by atoms with Crippen LogP contribution in [0, 0.1) is 25.4 Å². The van der Waals surface area contributed by atoms with Gasteiger partial charge in [-0.2, -0.15) is 4.39 Å². The molecule has 3 aliphatic heterocycles. The highest BCUT2D eigenvalue weighted by Crippen LogP contribution is 2.15. The molecule has 0 aliphatic carbocycles. The summed E-state index contributed by atoms with van der Waals surface area (Å²) in [6.07, 6.45) is 13.2. The van der Waals surface area contributed by atoms with Gasteiger partial charge >= 0.3 is 0 Å². The molecule has 0 unspecified atom stereocenters. The van der Waals surface area contributed by atoms with Crippen LogP contribution in [0.25, 0.3) is 0 Å². The number of carbonyl (C=O) groups is 3. The summed E-state index contributed by atoms with van der Waals surface area (Å²) in [6, 6.07) is 10.7. The maximum atomic E-state index is 12.0. The summed E-state index contributed by atoms with van der Waals surface area (Å²) in [5.41, 5.74) is 0.754. The van der Waals surface area contributed by atoms with Crippen molar-refractivity contribution >= 4 is 509 Å². The van der Waals surface area contributed by atoms with Gasteiger partial charge in [0.05, 0.1) is 13.1 Å². The van der Waals surface area contributed by atoms with Crippen molar-refractivity contribution < 1.29 is 18.8 Å². The quantitative estimate of drug-likeness (QED) is 0.190. The summed E-state index contributed by atoms with van der Waals surface area (Å²) < 4.78 is 14.0. The van der Waals surface area contributed by atoms with Crippen molar-refractivity contribution in [1.29, 1.82) is 0 Å². The van der Waals surface area contributed by atoms with Crippen molar-refractivity contribution in [2.45, 2.75) is 34.1 Å². The number of terminal acetylenes is 1. The zero-order valence-electron chi connectivity index (χ0n) is 46.4. The lowest BCUT2D eigenvalue weighted by molar-refractivity contribution is -0.132. The van der Waals surface area contributed by atoms with Crippen molar-refractivity contribution in [2.24, 2.45) is 0 Å². The molecule has 97 heavy (non-hydrogen) atoms. The zero-order chi connectivity index (χ0) is 68.2. The van der Waals surface area contributed by atoms with E-state index in [1.807, 2.05) is 337 Å². The first kappa shape index (κ1) is 106. The topological polar surface area (TPSA) is 106 Å². The molecule has 0 bridgehead atoms. The van der Waals surface area contributed by atoms with Crippen LogP contribution < -0.4 is 9.80 Å². The van der Waals surface area contributed by atoms with Gasteiger partial charge < -0.3 is 24.5 Å². The molecule has 62 heteroatoms. The van der Waals surface area contributed by atoms with E-state index in [1.54, 1.807) is 134 Å². The van der Waals surface area contributed by atoms with Gasteiger partial charge in [-0.1, -0.05) is 20.8 Å². The summed E-state index contributed by atoms with van der Waals surface area (Å²) in [4.78, 5) is 55.0. The van der Waals surface area contributed by atoms with Gasteiger partial charge in [0.1, 0.15) is 11.6 Å². The summed E-state index contributed by atoms with van der Waals surface area (Å²) in [7, 11) is 85.7. The minimum Gasteiger partial charge on any atom is -0.346 e. The van der Waals surface area contributed by atoms with Crippen LogP contribution in [0.1, 0.15) is 39.7 Å². The number of piperazine rings is 2. The van der Waals surface area contributed by atoms with E-state index in [0.29, 0.717) is 19.0 Å². The summed E-state index contributed by atoms with van der Waals surface area (Å²) in [5.74, 6) is 4.36. The van der Waals surface area contributed by atoms with Gasteiger partial charge in [0, 0.05) is 514 Å². The van der Waals surface area contributed by atoms with E-state index < -0.39 is 5.95 Å². The van der Waals surface area contributed by atoms with Crippen LogP contribution in [0.5, 0.6) is 0 Å². The Balaban J connectivity index is 0. The lowest BCUT2D eigenvalue weighted by atomic mass is 10.1. The second-order valence-corrected chi connectivity index (χ2v) is 96.1. The Kier molecular flexibility index (Phi) is 85.7. The second kappa shape index (κ2) is 78.3. The highest BCUT2D eigenvalue weighted by Gasteiger charge is 2.22. The standard InChI is InChI=1S/C12H13N3O.C10H12IN3O.C6H11NO.C5H3FIN.2CH4.ClH.S47/c1-3-10-4-5-11(13-8-10)15-7-6-14(2)12(16)9-15;1-13-4-5-14(7-10(13)15)9-3-2-8(11)6-12-9;1-7-5-3-2-4-6(7)8;6-5-2-1-4(7)3-8-5;;;;1-3-5-7-9-11-13-15-17-19-21-23-25-27-29-31-33-35-37-39-41-43-45-47-46-44-42-40-38-36-34-32-30-28-26-24-22-20-18-16-14-12-10-8-6-4-2/h1,4-5,8H,6-7,9H2,2H3;2-3,6H,4-5,7H2,1H3;2-5H2,1H3;1-3H;2*1H4;1H;. The van der Waals surface area contributed by atoms with Crippen LogP contribution in [0.4, 0.5) is 16.0 Å². The third-order valence-electron chi connectivity index (χ3n) is 8.66. The average molecular weight is 2440 g/mol. The summed E-state index contributed by atoms with van der Waals surface area (Å²) in [6.45, 7) is 4.95. The molecule has 0 spiro atoms. The number of amides is 3. The molecule has 0 radical (unpaired) electrons. The normalized spacial score (nSPS) is 11.6. The van der Waals surface area contributed by atoms with E-state index in [1.165, 1.54) is 36.4 Å². The number of rotatable bonds is 2. The second-order valence-electron chi connectivity index (χ2n) is 14.0. The predicted molar refractivity (Wildman–Crippen MR) is 564 cm³/mol. The number of carbonyl (C=O) groups excluding carboxylic acids is 3. The first-order chi connectivity index (χ1) is 45.9. The molecule has 11 nitrogen and oxygen atoms in total. The number of likely N-dealkylation sites (N-methyl/N-ethyl adjacent to an activating group) is 2. The fourth-order valence-electron chi connectivity index (χ4n) is 4.91. The van der Waals surface area contributed by atoms with Crippen molar-refractivity contribution in [3.8, 4) is 12.3 Å². The van der Waals surface area contributed by atoms with Crippen LogP contribution in [0.2, 0.25) is 0 Å². The number of piperidine rings is 1. The van der Waals surface area contributed by atoms with Crippen LogP contribution in [-0.4, -0.2) is 114 Å². The molecule has 3 aliphatic rings. The van der Waals surface area contributed by atoms with Crippen molar-refractivity contribution in [3.05, 3.63) is 73.6 Å². The molecular weight excluding hydrogens is 2400 g/mol. The molecule has 0 atom stereocenters. The van der Waals surface area contributed by atoms with Crippen LogP contribution >= 0.6 is 57.6 Å². The van der Waals surface area contributed by atoms with E-state index in [2.05, 4.69) is 66.1 Å². The fourth-order valence-corrected chi connectivity index (χ4v) is 124. The van der Waals surface area contributed by atoms with E-state index in [9.17, 15) is 18.8 Å². The van der Waals surface area contributed by atoms with Gasteiger partial charge in [0.25, 0.3) is 0 Å². The Hall–Kier alpha value is 7.04. The summed E-state index contributed by atoms with van der Waals surface area (Å²) in [5, 5.41) is 0. The third kappa shape index (κ3) is 64.2. The van der Waals surface area contributed by atoms with Crippen LogP contribution in [0.3, 0.4) is 0 Å². The van der Waals surface area contributed by atoms with Crippen LogP contribution in [-0.2, 0) is 436 Å². The molecule has 3 aromatic heterocycles. The number of hydrogen-bond donors (Lipinski definition) is 0. The fraction of sp³-hybridized carbons (Fsp3) is 0.429. The highest BCUT2D eigenvalue weighted by molar-refractivity contribution is 14.1. The predicted octanol–water partition coefficient (Wildman–Crippen LogP) is 5.34. The zero-order valence-corrected chi connectivity index (χ0v) is 89.9. The minimum absolute atomic E-state index is 0. The molecule has 0 N–H and O–H groups in total. The average Bonchev–Trinajstić information content (AvgIpc) is 0.973. The molecule has 556 valence electrons. The molecule has 6 heterocycles. The number of hydrogen-bond acceptors (Lipinski definition) is 10. The molecule has 3 fully saturated rings. The Morgan fingerprint density at radius 2 is 0.670 bits per heavy atom. The number of pyridine rings is 3. The lowest BCUT2D eigenvalue weighted by Gasteiger charge is -2.32. The largest absolute Gasteiger partial charge is 0.346 e. The Morgan fingerprint density at radius 1 is 0.392 bits per heavy atom. The van der Waals surface area contributed by atoms with Gasteiger partial charge in [-0.05, 0) is 94.4 Å². The first-order valence-corrected chi connectivity index (χ1v) is 86.2. The van der Waals surface area contributed by atoms with Gasteiger partial charge in [-0.25, -0.2) is 15.0 Å². The molecule has 0 saturated carbocycles. The smallest absolute Gasteiger partial charge is 0.241 e. The third-order valence-corrected chi connectivity index (χ3v) is 108. The number of likely N-dealkylation sites (tertiary alicyclic amines) is 1. The number of halogens is 4. The first-order valence-electron chi connectivity index (χ1n) is 22.7. The van der Waals surface area contributed by atoms with Gasteiger partial charge in [0.2, 0.25) is 23.7 Å². The Morgan fingerprint density at radius 3 is 0.876 bits per heavy atom. The SMILES string of the molecule is C.C.C#Cc1ccc(N2CCN(C)C(=O)C2)nc1.CN1CCCCC1=O.CN1CCN(c2ccc(I)cn2)CC1=O.Cl.Fc1ccc(I)cn1.S=S=S=S=S=S=S=S=S=S=S=S=S=S=S=S=S=S=S=S=S=S=S=S=S=S=S=S=S=S=S=S=S=S=S=S=S=S=S=S=S=S=S=S=S=S=S. The molecular formula is C35H48ClFI2N8O3S47. The molecule has 0 aromatic carbocycles.